The molecule has 10 aromatic rings. The van der Waals surface area contributed by atoms with E-state index in [1.807, 2.05) is 0 Å². The summed E-state index contributed by atoms with van der Waals surface area (Å²) in [4.78, 5) is 5.01. The standard InChI is InChI=1S/C58H46N2/c1-37(2)49-36-55-57-51(46-28-14-15-29-53(46)60(55)45-27-17-23-42(33-45)40-20-10-6-11-21-40)34-52-50(38(3)4)35-54(48-31-30-47(49)58(57)56(48)52)59(43-24-12-7-13-25-43)44-26-16-22-41(32-44)39-18-8-5-9-19-39/h5-38H,1-4H3. The van der Waals surface area contributed by atoms with E-state index in [2.05, 4.69) is 232 Å². The van der Waals surface area contributed by atoms with Gasteiger partial charge in [-0.05, 0) is 128 Å². The van der Waals surface area contributed by atoms with Gasteiger partial charge in [0.1, 0.15) is 0 Å². The Morgan fingerprint density at radius 3 is 1.63 bits per heavy atom. The Labute approximate surface area is 353 Å². The quantitative estimate of drug-likeness (QED) is 0.142. The highest BCUT2D eigenvalue weighted by molar-refractivity contribution is 6.33. The summed E-state index contributed by atoms with van der Waals surface area (Å²) < 4.78 is 0. The monoisotopic (exact) mass is 770 g/mol. The summed E-state index contributed by atoms with van der Waals surface area (Å²) in [5.41, 5.74) is 17.2. The van der Waals surface area contributed by atoms with Gasteiger partial charge in [0.05, 0.1) is 17.1 Å². The predicted molar refractivity (Wildman–Crippen MR) is 258 cm³/mol. The SMILES string of the molecule is CC(C)c1cc(N(c2ccccc2)c2cccc(-c3ccccc3)c2)c2ccc3c(C(C)C)cc4c5c(cc1c2c35)-c1ccccc1N4c1cccc(-c2ccccc2)c1. The van der Waals surface area contributed by atoms with Gasteiger partial charge in [0.25, 0.3) is 0 Å². The number of hydrogen-bond donors (Lipinski definition) is 0. The maximum Gasteiger partial charge on any atom is 0.0550 e. The molecule has 0 atom stereocenters. The smallest absolute Gasteiger partial charge is 0.0550 e. The third kappa shape index (κ3) is 5.70. The van der Waals surface area contributed by atoms with Gasteiger partial charge in [-0.25, -0.2) is 0 Å². The average Bonchev–Trinajstić information content (AvgIpc) is 3.30. The molecular weight excluding hydrogens is 725 g/mol. The van der Waals surface area contributed by atoms with Crippen LogP contribution in [0.25, 0.3) is 65.7 Å². The molecule has 2 nitrogen and oxygen atoms in total. The van der Waals surface area contributed by atoms with Crippen LogP contribution in [0.2, 0.25) is 0 Å². The predicted octanol–water partition coefficient (Wildman–Crippen LogP) is 17.1. The molecule has 0 fully saturated rings. The van der Waals surface area contributed by atoms with E-state index in [1.54, 1.807) is 0 Å². The largest absolute Gasteiger partial charge is 0.310 e. The van der Waals surface area contributed by atoms with E-state index in [0.717, 1.165) is 17.1 Å². The molecule has 0 N–H and O–H groups in total. The fraction of sp³-hybridized carbons (Fsp3) is 0.103. The van der Waals surface area contributed by atoms with E-state index in [1.165, 1.54) is 93.9 Å². The summed E-state index contributed by atoms with van der Waals surface area (Å²) in [5, 5.41) is 7.95. The zero-order valence-corrected chi connectivity index (χ0v) is 34.5. The molecule has 60 heavy (non-hydrogen) atoms. The van der Waals surface area contributed by atoms with Crippen molar-refractivity contribution in [1.29, 1.82) is 0 Å². The summed E-state index contributed by atoms with van der Waals surface area (Å²) in [6, 6.07) is 71.8. The van der Waals surface area contributed by atoms with Crippen LogP contribution in [-0.2, 0) is 0 Å². The Morgan fingerprint density at radius 1 is 0.367 bits per heavy atom. The Bertz CT molecular complexity index is 3200. The molecule has 2 heteroatoms. The lowest BCUT2D eigenvalue weighted by Crippen LogP contribution is -2.16. The highest BCUT2D eigenvalue weighted by atomic mass is 15.2. The summed E-state index contributed by atoms with van der Waals surface area (Å²) in [6.45, 7) is 9.40. The van der Waals surface area contributed by atoms with Crippen molar-refractivity contribution in [2.24, 2.45) is 0 Å². The van der Waals surface area contributed by atoms with E-state index in [0.29, 0.717) is 5.92 Å². The van der Waals surface area contributed by atoms with Crippen molar-refractivity contribution in [1.82, 2.24) is 0 Å². The molecule has 1 heterocycles. The molecule has 0 bridgehead atoms. The van der Waals surface area contributed by atoms with Crippen LogP contribution in [0.1, 0.15) is 50.7 Å². The van der Waals surface area contributed by atoms with Crippen molar-refractivity contribution in [3.05, 3.63) is 205 Å². The Balaban J connectivity index is 1.25. The van der Waals surface area contributed by atoms with Crippen LogP contribution in [0, 0.1) is 0 Å². The van der Waals surface area contributed by atoms with Crippen LogP contribution < -0.4 is 9.80 Å². The number of rotatable bonds is 8. The van der Waals surface area contributed by atoms with Crippen molar-refractivity contribution >= 4 is 66.4 Å². The lowest BCUT2D eigenvalue weighted by atomic mass is 9.79. The van der Waals surface area contributed by atoms with Crippen molar-refractivity contribution < 1.29 is 0 Å². The van der Waals surface area contributed by atoms with Gasteiger partial charge in [0.15, 0.2) is 0 Å². The van der Waals surface area contributed by atoms with Gasteiger partial charge in [-0.1, -0.05) is 161 Å². The summed E-state index contributed by atoms with van der Waals surface area (Å²) >= 11 is 0. The van der Waals surface area contributed by atoms with E-state index < -0.39 is 0 Å². The fourth-order valence-electron chi connectivity index (χ4n) is 9.86. The molecule has 0 amide bonds. The van der Waals surface area contributed by atoms with Crippen LogP contribution >= 0.6 is 0 Å². The Hall–Kier alpha value is -7.16. The third-order valence-corrected chi connectivity index (χ3v) is 12.6. The molecule has 11 rings (SSSR count). The number of anilines is 6. The second kappa shape index (κ2) is 14.3. The molecule has 0 saturated heterocycles. The van der Waals surface area contributed by atoms with Gasteiger partial charge < -0.3 is 9.80 Å². The minimum absolute atomic E-state index is 0.286. The van der Waals surface area contributed by atoms with Gasteiger partial charge in [0.2, 0.25) is 0 Å². The lowest BCUT2D eigenvalue weighted by molar-refractivity contribution is 0.875. The first-order valence-corrected chi connectivity index (χ1v) is 21.3. The van der Waals surface area contributed by atoms with Crippen molar-refractivity contribution in [3.63, 3.8) is 0 Å². The number of fused-ring (bicyclic) bond motifs is 2. The highest BCUT2D eigenvalue weighted by Gasteiger charge is 2.32. The van der Waals surface area contributed by atoms with E-state index in [9.17, 15) is 0 Å². The normalized spacial score (nSPS) is 12.3. The van der Waals surface area contributed by atoms with Crippen LogP contribution in [0.3, 0.4) is 0 Å². The van der Waals surface area contributed by atoms with Crippen molar-refractivity contribution in [2.45, 2.75) is 39.5 Å². The van der Waals surface area contributed by atoms with Crippen molar-refractivity contribution in [2.75, 3.05) is 9.80 Å². The first-order valence-electron chi connectivity index (χ1n) is 21.3. The Morgan fingerprint density at radius 2 is 0.933 bits per heavy atom. The molecular formula is C58H46N2. The van der Waals surface area contributed by atoms with Gasteiger partial charge in [-0.2, -0.15) is 0 Å². The summed E-state index contributed by atoms with van der Waals surface area (Å²) in [5.74, 6) is 0.600. The second-order valence-corrected chi connectivity index (χ2v) is 16.9. The zero-order chi connectivity index (χ0) is 40.5. The first-order chi connectivity index (χ1) is 29.4. The minimum Gasteiger partial charge on any atom is -0.310 e. The topological polar surface area (TPSA) is 6.48 Å². The molecule has 0 saturated carbocycles. The van der Waals surface area contributed by atoms with Crippen LogP contribution in [0.5, 0.6) is 0 Å². The second-order valence-electron chi connectivity index (χ2n) is 16.9. The minimum atomic E-state index is 0.286. The fourth-order valence-corrected chi connectivity index (χ4v) is 9.86. The van der Waals surface area contributed by atoms with Crippen LogP contribution in [-0.4, -0.2) is 0 Å². The van der Waals surface area contributed by atoms with E-state index in [-0.39, 0.29) is 5.92 Å². The van der Waals surface area contributed by atoms with Gasteiger partial charge in [-0.3, -0.25) is 0 Å². The number of nitrogens with zero attached hydrogens (tertiary/aromatic N) is 2. The van der Waals surface area contributed by atoms with Crippen LogP contribution in [0.4, 0.5) is 34.1 Å². The molecule has 1 aliphatic rings. The summed E-state index contributed by atoms with van der Waals surface area (Å²) in [7, 11) is 0. The number of benzene rings is 10. The molecule has 1 aliphatic heterocycles. The number of hydrogen-bond acceptors (Lipinski definition) is 2. The lowest BCUT2D eigenvalue weighted by Gasteiger charge is -2.36. The third-order valence-electron chi connectivity index (χ3n) is 12.6. The molecule has 0 spiro atoms. The summed E-state index contributed by atoms with van der Waals surface area (Å²) in [6.07, 6.45) is 0. The molecule has 288 valence electrons. The van der Waals surface area contributed by atoms with Gasteiger partial charge in [-0.15, -0.1) is 0 Å². The van der Waals surface area contributed by atoms with Gasteiger partial charge >= 0.3 is 0 Å². The van der Waals surface area contributed by atoms with Crippen molar-refractivity contribution in [3.8, 4) is 33.4 Å². The van der Waals surface area contributed by atoms with E-state index in [4.69, 9.17) is 0 Å². The molecule has 0 unspecified atom stereocenters. The Kier molecular flexibility index (Phi) is 8.56. The number of para-hydroxylation sites is 2. The molecule has 0 aromatic heterocycles. The highest BCUT2D eigenvalue weighted by Crippen LogP contribution is 2.57. The average molecular weight is 771 g/mol. The van der Waals surface area contributed by atoms with E-state index >= 15 is 0 Å². The molecule has 0 radical (unpaired) electrons. The first kappa shape index (κ1) is 36.0. The van der Waals surface area contributed by atoms with Crippen LogP contribution in [0.15, 0.2) is 194 Å². The zero-order valence-electron chi connectivity index (χ0n) is 34.5. The molecule has 0 aliphatic carbocycles. The maximum atomic E-state index is 2.53. The van der Waals surface area contributed by atoms with Gasteiger partial charge in [0, 0.05) is 38.8 Å². The molecule has 10 aromatic carbocycles. The maximum absolute atomic E-state index is 2.53.